The lowest BCUT2D eigenvalue weighted by Crippen LogP contribution is -1.97. The van der Waals surface area contributed by atoms with Crippen molar-refractivity contribution in [1.82, 2.24) is 15.1 Å². The molecule has 4 rings (SSSR count). The first-order valence-corrected chi connectivity index (χ1v) is 8.49. The lowest BCUT2D eigenvalue weighted by Gasteiger charge is -2.05. The Morgan fingerprint density at radius 2 is 1.69 bits per heavy atom. The van der Waals surface area contributed by atoms with E-state index in [0.717, 1.165) is 39.0 Å². The zero-order valence-electron chi connectivity index (χ0n) is 15.0. The molecule has 26 heavy (non-hydrogen) atoms. The van der Waals surface area contributed by atoms with E-state index in [-0.39, 0.29) is 6.61 Å². The first-order chi connectivity index (χ1) is 12.6. The van der Waals surface area contributed by atoms with Gasteiger partial charge in [-0.2, -0.15) is 4.98 Å². The number of rotatable bonds is 4. The van der Waals surface area contributed by atoms with Gasteiger partial charge in [0, 0.05) is 16.6 Å². The van der Waals surface area contributed by atoms with Crippen molar-refractivity contribution in [2.75, 3.05) is 0 Å². The summed E-state index contributed by atoms with van der Waals surface area (Å²) >= 11 is 0. The molecule has 0 amide bonds. The molecule has 0 radical (unpaired) electrons. The van der Waals surface area contributed by atoms with Gasteiger partial charge in [-0.15, -0.1) is 0 Å². The molecule has 5 heteroatoms. The van der Waals surface area contributed by atoms with Crippen LogP contribution in [0.4, 0.5) is 0 Å². The van der Waals surface area contributed by atoms with E-state index >= 15 is 0 Å². The van der Waals surface area contributed by atoms with Crippen LogP contribution in [0.5, 0.6) is 5.75 Å². The SMILES string of the molecule is Cc1cc(C)cc(OCc2nc(-c3cc(C)nc4ccccc34)no2)c1. The zero-order chi connectivity index (χ0) is 18.1. The highest BCUT2D eigenvalue weighted by atomic mass is 16.5. The van der Waals surface area contributed by atoms with E-state index in [9.17, 15) is 0 Å². The average Bonchev–Trinajstić information content (AvgIpc) is 3.07. The van der Waals surface area contributed by atoms with Gasteiger partial charge in [-0.1, -0.05) is 29.4 Å². The van der Waals surface area contributed by atoms with Crippen molar-refractivity contribution in [3.8, 4) is 17.1 Å². The molecule has 0 saturated heterocycles. The van der Waals surface area contributed by atoms with E-state index in [1.54, 1.807) is 0 Å². The predicted octanol–water partition coefficient (Wildman–Crippen LogP) is 4.79. The van der Waals surface area contributed by atoms with Crippen LogP contribution in [-0.4, -0.2) is 15.1 Å². The summed E-state index contributed by atoms with van der Waals surface area (Å²) in [5.41, 5.74) is 5.06. The minimum Gasteiger partial charge on any atom is -0.484 e. The van der Waals surface area contributed by atoms with Gasteiger partial charge in [-0.05, 0) is 56.2 Å². The fourth-order valence-corrected chi connectivity index (χ4v) is 3.08. The number of ether oxygens (including phenoxy) is 1. The van der Waals surface area contributed by atoms with Crippen molar-refractivity contribution < 1.29 is 9.26 Å². The minimum absolute atomic E-state index is 0.234. The van der Waals surface area contributed by atoms with Gasteiger partial charge < -0.3 is 9.26 Å². The van der Waals surface area contributed by atoms with E-state index in [2.05, 4.69) is 21.2 Å². The molecular weight excluding hydrogens is 326 g/mol. The predicted molar refractivity (Wildman–Crippen MR) is 100 cm³/mol. The Labute approximate surface area is 151 Å². The van der Waals surface area contributed by atoms with Crippen molar-refractivity contribution in [2.24, 2.45) is 0 Å². The molecule has 0 bridgehead atoms. The third-order valence-corrected chi connectivity index (χ3v) is 4.11. The smallest absolute Gasteiger partial charge is 0.264 e. The molecule has 0 spiro atoms. The molecule has 0 aliphatic carbocycles. The topological polar surface area (TPSA) is 61.0 Å². The molecule has 2 aromatic carbocycles. The van der Waals surface area contributed by atoms with Crippen molar-refractivity contribution >= 4 is 10.9 Å². The molecular formula is C21H19N3O2. The number of pyridine rings is 1. The summed E-state index contributed by atoms with van der Waals surface area (Å²) in [6, 6.07) is 16.0. The molecule has 0 saturated carbocycles. The summed E-state index contributed by atoms with van der Waals surface area (Å²) in [6.45, 7) is 6.28. The molecule has 5 nitrogen and oxygen atoms in total. The standard InChI is InChI=1S/C21H19N3O2/c1-13-8-14(2)10-16(9-13)25-12-20-23-21(24-26-20)18-11-15(3)22-19-7-5-4-6-17(18)19/h4-11H,12H2,1-3H3. The molecule has 130 valence electrons. The van der Waals surface area contributed by atoms with Gasteiger partial charge in [0.25, 0.3) is 5.89 Å². The monoisotopic (exact) mass is 345 g/mol. The van der Waals surface area contributed by atoms with Crippen molar-refractivity contribution in [3.05, 3.63) is 71.2 Å². The van der Waals surface area contributed by atoms with Gasteiger partial charge in [0.1, 0.15) is 5.75 Å². The van der Waals surface area contributed by atoms with Crippen LogP contribution in [0.1, 0.15) is 22.7 Å². The van der Waals surface area contributed by atoms with Gasteiger partial charge in [0.15, 0.2) is 6.61 Å². The summed E-state index contributed by atoms with van der Waals surface area (Å²) in [5.74, 6) is 1.79. The number of hydrogen-bond donors (Lipinski definition) is 0. The van der Waals surface area contributed by atoms with Crippen molar-refractivity contribution in [3.63, 3.8) is 0 Å². The highest BCUT2D eigenvalue weighted by molar-refractivity contribution is 5.92. The Balaban J connectivity index is 1.60. The van der Waals surface area contributed by atoms with Crippen molar-refractivity contribution in [1.29, 1.82) is 0 Å². The molecule has 0 aliphatic rings. The minimum atomic E-state index is 0.234. The summed E-state index contributed by atoms with van der Waals surface area (Å²) in [7, 11) is 0. The lowest BCUT2D eigenvalue weighted by molar-refractivity contribution is 0.242. The number of hydrogen-bond acceptors (Lipinski definition) is 5. The maximum absolute atomic E-state index is 5.81. The quantitative estimate of drug-likeness (QED) is 0.532. The van der Waals surface area contributed by atoms with Crippen LogP contribution >= 0.6 is 0 Å². The summed E-state index contributed by atoms with van der Waals surface area (Å²) in [4.78, 5) is 9.05. The first kappa shape index (κ1) is 16.3. The largest absolute Gasteiger partial charge is 0.484 e. The van der Waals surface area contributed by atoms with E-state index in [1.165, 1.54) is 0 Å². The van der Waals surface area contributed by atoms with Crippen LogP contribution < -0.4 is 4.74 Å². The molecule has 0 N–H and O–H groups in total. The second kappa shape index (κ2) is 6.59. The molecule has 0 unspecified atom stereocenters. The van der Waals surface area contributed by atoms with Crippen molar-refractivity contribution in [2.45, 2.75) is 27.4 Å². The van der Waals surface area contributed by atoms with Gasteiger partial charge in [-0.3, -0.25) is 4.98 Å². The highest BCUT2D eigenvalue weighted by Gasteiger charge is 2.13. The Bertz CT molecular complexity index is 1070. The molecule has 0 aliphatic heterocycles. The number of benzene rings is 2. The van der Waals surface area contributed by atoms with Crippen LogP contribution in [0.25, 0.3) is 22.3 Å². The van der Waals surface area contributed by atoms with Gasteiger partial charge >= 0.3 is 0 Å². The maximum Gasteiger partial charge on any atom is 0.264 e. The van der Waals surface area contributed by atoms with Gasteiger partial charge in [0.05, 0.1) is 5.52 Å². The fourth-order valence-electron chi connectivity index (χ4n) is 3.08. The Morgan fingerprint density at radius 1 is 0.923 bits per heavy atom. The molecule has 0 fully saturated rings. The second-order valence-corrected chi connectivity index (χ2v) is 6.45. The van der Waals surface area contributed by atoms with E-state index in [1.807, 2.05) is 63.2 Å². The molecule has 4 aromatic rings. The Morgan fingerprint density at radius 3 is 2.50 bits per heavy atom. The van der Waals surface area contributed by atoms with Gasteiger partial charge in [0.2, 0.25) is 5.82 Å². The first-order valence-electron chi connectivity index (χ1n) is 8.49. The van der Waals surface area contributed by atoms with Crippen LogP contribution in [-0.2, 0) is 6.61 Å². The third kappa shape index (κ3) is 3.28. The van der Waals surface area contributed by atoms with E-state index < -0.39 is 0 Å². The normalized spacial score (nSPS) is 11.0. The third-order valence-electron chi connectivity index (χ3n) is 4.11. The number of aryl methyl sites for hydroxylation is 3. The number of nitrogens with zero attached hydrogens (tertiary/aromatic N) is 3. The number of fused-ring (bicyclic) bond motifs is 1. The van der Waals surface area contributed by atoms with Crippen LogP contribution in [0.2, 0.25) is 0 Å². The van der Waals surface area contributed by atoms with Gasteiger partial charge in [-0.25, -0.2) is 0 Å². The van der Waals surface area contributed by atoms with Crippen LogP contribution in [0, 0.1) is 20.8 Å². The highest BCUT2D eigenvalue weighted by Crippen LogP contribution is 2.26. The molecule has 0 atom stereocenters. The zero-order valence-corrected chi connectivity index (χ0v) is 15.0. The van der Waals surface area contributed by atoms with E-state index in [0.29, 0.717) is 11.7 Å². The Kier molecular flexibility index (Phi) is 4.13. The molecule has 2 aromatic heterocycles. The fraction of sp³-hybridized carbons (Fsp3) is 0.190. The average molecular weight is 345 g/mol. The summed E-state index contributed by atoms with van der Waals surface area (Å²) in [5, 5.41) is 5.13. The maximum atomic E-state index is 5.81. The summed E-state index contributed by atoms with van der Waals surface area (Å²) < 4.78 is 11.2. The van der Waals surface area contributed by atoms with Crippen LogP contribution in [0.3, 0.4) is 0 Å². The summed E-state index contributed by atoms with van der Waals surface area (Å²) in [6.07, 6.45) is 0. The van der Waals surface area contributed by atoms with Crippen LogP contribution in [0.15, 0.2) is 53.1 Å². The number of para-hydroxylation sites is 1. The number of aromatic nitrogens is 3. The second-order valence-electron chi connectivity index (χ2n) is 6.45. The lowest BCUT2D eigenvalue weighted by atomic mass is 10.1. The van der Waals surface area contributed by atoms with E-state index in [4.69, 9.17) is 9.26 Å². The Hall–Kier alpha value is -3.21. The molecule has 2 heterocycles.